The summed E-state index contributed by atoms with van der Waals surface area (Å²) in [5.41, 5.74) is 3.44. The van der Waals surface area contributed by atoms with Crippen LogP contribution in [0.25, 0.3) is 5.70 Å². The molecule has 0 radical (unpaired) electrons. The van der Waals surface area contributed by atoms with E-state index in [2.05, 4.69) is 16.8 Å². The maximum atomic E-state index is 11.5. The molecule has 0 unspecified atom stereocenters. The van der Waals surface area contributed by atoms with Gasteiger partial charge in [-0.3, -0.25) is 0 Å². The van der Waals surface area contributed by atoms with Gasteiger partial charge in [0.15, 0.2) is 0 Å². The van der Waals surface area contributed by atoms with Crippen LogP contribution >= 0.6 is 11.6 Å². The maximum Gasteiger partial charge on any atom is 0.259 e. The zero-order valence-electron chi connectivity index (χ0n) is 7.04. The summed E-state index contributed by atoms with van der Waals surface area (Å²) in [7, 11) is -3.56. The molecule has 0 atom stereocenters. The lowest BCUT2D eigenvalue weighted by Gasteiger charge is -2.21. The lowest BCUT2D eigenvalue weighted by molar-refractivity contribution is 0.571. The van der Waals surface area contributed by atoms with Gasteiger partial charge >= 0.3 is 0 Å². The Bertz CT molecular complexity index is 510. The molecule has 0 saturated carbocycles. The minimum absolute atomic E-state index is 0.0745. The molecule has 0 spiro atoms. The molecule has 14 heavy (non-hydrogen) atoms. The number of rotatable bonds is 0. The second-order valence-electron chi connectivity index (χ2n) is 2.83. The molecule has 1 aliphatic rings. The summed E-state index contributed by atoms with van der Waals surface area (Å²) in [6, 6.07) is 4.85. The fourth-order valence-corrected chi connectivity index (χ4v) is 2.91. The van der Waals surface area contributed by atoms with Crippen LogP contribution in [-0.4, -0.2) is 8.42 Å². The number of nitrogens with one attached hydrogen (secondary N) is 2. The zero-order valence-corrected chi connectivity index (χ0v) is 8.61. The fourth-order valence-electron chi connectivity index (χ4n) is 1.27. The number of halogens is 1. The number of hydrazine groups is 1. The van der Waals surface area contributed by atoms with Gasteiger partial charge < -0.3 is 5.43 Å². The fraction of sp³-hybridized carbons (Fsp3) is 0. The predicted octanol–water partition coefficient (Wildman–Crippen LogP) is 1.11. The van der Waals surface area contributed by atoms with Crippen LogP contribution in [0.1, 0.15) is 5.56 Å². The molecule has 4 nitrogen and oxygen atoms in total. The monoisotopic (exact) mass is 230 g/mol. The largest absolute Gasteiger partial charge is 0.308 e. The summed E-state index contributed by atoms with van der Waals surface area (Å²) < 4.78 is 23.1. The molecule has 0 saturated heterocycles. The van der Waals surface area contributed by atoms with E-state index in [-0.39, 0.29) is 9.92 Å². The van der Waals surface area contributed by atoms with Crippen molar-refractivity contribution in [1.29, 1.82) is 0 Å². The van der Waals surface area contributed by atoms with Gasteiger partial charge in [-0.1, -0.05) is 30.3 Å². The van der Waals surface area contributed by atoms with Crippen LogP contribution in [0.4, 0.5) is 0 Å². The molecule has 2 N–H and O–H groups in total. The SMILES string of the molecule is C=C1NNS(=O)(=O)c2c(Cl)cccc21. The van der Waals surface area contributed by atoms with Crippen molar-refractivity contribution in [3.8, 4) is 0 Å². The molecule has 0 aliphatic carbocycles. The number of hydrogen-bond donors (Lipinski definition) is 2. The van der Waals surface area contributed by atoms with Gasteiger partial charge in [-0.05, 0) is 6.07 Å². The van der Waals surface area contributed by atoms with E-state index in [1.54, 1.807) is 12.1 Å². The van der Waals surface area contributed by atoms with E-state index in [0.717, 1.165) is 0 Å². The van der Waals surface area contributed by atoms with Gasteiger partial charge in [0.1, 0.15) is 4.90 Å². The molecular weight excluding hydrogens is 224 g/mol. The van der Waals surface area contributed by atoms with Crippen molar-refractivity contribution in [2.45, 2.75) is 4.90 Å². The van der Waals surface area contributed by atoms with E-state index in [1.807, 2.05) is 0 Å². The highest BCUT2D eigenvalue weighted by Crippen LogP contribution is 2.30. The lowest BCUT2D eigenvalue weighted by Crippen LogP contribution is -2.40. The molecule has 0 aromatic heterocycles. The van der Waals surface area contributed by atoms with E-state index in [4.69, 9.17) is 11.6 Å². The van der Waals surface area contributed by atoms with Gasteiger partial charge in [-0.15, -0.1) is 4.83 Å². The van der Waals surface area contributed by atoms with Crippen LogP contribution < -0.4 is 10.3 Å². The summed E-state index contributed by atoms with van der Waals surface area (Å²) >= 11 is 5.80. The topological polar surface area (TPSA) is 58.2 Å². The highest BCUT2D eigenvalue weighted by molar-refractivity contribution is 7.89. The molecule has 1 aromatic rings. The third-order valence-electron chi connectivity index (χ3n) is 1.90. The molecule has 1 heterocycles. The van der Waals surface area contributed by atoms with E-state index in [0.29, 0.717) is 11.3 Å². The molecule has 6 heteroatoms. The van der Waals surface area contributed by atoms with Crippen LogP contribution in [0, 0.1) is 0 Å². The molecule has 0 bridgehead atoms. The minimum Gasteiger partial charge on any atom is -0.308 e. The second kappa shape index (κ2) is 2.98. The van der Waals surface area contributed by atoms with Crippen LogP contribution in [0.5, 0.6) is 0 Å². The summed E-state index contributed by atoms with van der Waals surface area (Å²) in [6.45, 7) is 3.67. The van der Waals surface area contributed by atoms with Crippen molar-refractivity contribution < 1.29 is 8.42 Å². The third-order valence-corrected chi connectivity index (χ3v) is 3.67. The number of hydrogen-bond acceptors (Lipinski definition) is 3. The average molecular weight is 231 g/mol. The quantitative estimate of drug-likeness (QED) is 0.702. The Morgan fingerprint density at radius 3 is 2.71 bits per heavy atom. The Morgan fingerprint density at radius 1 is 1.36 bits per heavy atom. The van der Waals surface area contributed by atoms with Gasteiger partial charge in [0.2, 0.25) is 0 Å². The Morgan fingerprint density at radius 2 is 2.07 bits per heavy atom. The van der Waals surface area contributed by atoms with E-state index in [1.165, 1.54) is 6.07 Å². The molecule has 0 amide bonds. The molecule has 0 fully saturated rings. The van der Waals surface area contributed by atoms with Crippen LogP contribution in [0.2, 0.25) is 5.02 Å². The number of benzene rings is 1. The summed E-state index contributed by atoms with van der Waals surface area (Å²) in [5, 5.41) is 0.192. The smallest absolute Gasteiger partial charge is 0.259 e. The van der Waals surface area contributed by atoms with Crippen molar-refractivity contribution in [2.24, 2.45) is 0 Å². The normalized spacial score (nSPS) is 18.5. The standard InChI is InChI=1S/C8H7ClN2O2S/c1-5-6-3-2-4-7(9)8(6)14(12,13)11-10-5/h2-4,10-11H,1H2. The van der Waals surface area contributed by atoms with E-state index >= 15 is 0 Å². The molecule has 74 valence electrons. The number of sulfonamides is 1. The van der Waals surface area contributed by atoms with Gasteiger partial charge in [-0.2, -0.15) is 0 Å². The molecule has 1 aromatic carbocycles. The predicted molar refractivity (Wildman–Crippen MR) is 53.9 cm³/mol. The summed E-state index contributed by atoms with van der Waals surface area (Å²) in [6.07, 6.45) is 0. The zero-order chi connectivity index (χ0) is 10.3. The Balaban J connectivity index is 2.83. The number of fused-ring (bicyclic) bond motifs is 1. The second-order valence-corrected chi connectivity index (χ2v) is 4.85. The lowest BCUT2D eigenvalue weighted by atomic mass is 10.2. The van der Waals surface area contributed by atoms with Crippen molar-refractivity contribution in [3.63, 3.8) is 0 Å². The van der Waals surface area contributed by atoms with Crippen LogP contribution in [0.3, 0.4) is 0 Å². The van der Waals surface area contributed by atoms with Gasteiger partial charge in [0, 0.05) is 5.56 Å². The molecule has 1 aliphatic heterocycles. The van der Waals surface area contributed by atoms with Gasteiger partial charge in [-0.25, -0.2) is 8.42 Å². The highest BCUT2D eigenvalue weighted by atomic mass is 35.5. The van der Waals surface area contributed by atoms with E-state index in [9.17, 15) is 8.42 Å². The Kier molecular flexibility index (Phi) is 2.02. The first-order valence-electron chi connectivity index (χ1n) is 3.78. The van der Waals surface area contributed by atoms with Crippen molar-refractivity contribution in [3.05, 3.63) is 35.4 Å². The van der Waals surface area contributed by atoms with Crippen LogP contribution in [-0.2, 0) is 10.0 Å². The third kappa shape index (κ3) is 1.30. The van der Waals surface area contributed by atoms with Gasteiger partial charge in [0.25, 0.3) is 10.0 Å². The van der Waals surface area contributed by atoms with Crippen LogP contribution in [0.15, 0.2) is 29.7 Å². The summed E-state index contributed by atoms with van der Waals surface area (Å²) in [5.74, 6) is 0. The average Bonchev–Trinajstić information content (AvgIpc) is 2.12. The molecular formula is C8H7ClN2O2S. The Labute approximate surface area is 86.6 Å². The Hall–Kier alpha value is -1.04. The van der Waals surface area contributed by atoms with Crippen molar-refractivity contribution in [2.75, 3.05) is 0 Å². The molecule has 2 rings (SSSR count). The van der Waals surface area contributed by atoms with Gasteiger partial charge in [0.05, 0.1) is 10.7 Å². The first-order valence-corrected chi connectivity index (χ1v) is 5.64. The van der Waals surface area contributed by atoms with Crippen molar-refractivity contribution >= 4 is 27.3 Å². The first kappa shape index (κ1) is 9.51. The first-order chi connectivity index (χ1) is 6.52. The van der Waals surface area contributed by atoms with Crippen molar-refractivity contribution in [1.82, 2.24) is 10.3 Å². The summed E-state index contributed by atoms with van der Waals surface area (Å²) in [4.78, 5) is 2.22. The maximum absolute atomic E-state index is 11.5. The minimum atomic E-state index is -3.56. The van der Waals surface area contributed by atoms with E-state index < -0.39 is 10.0 Å². The highest BCUT2D eigenvalue weighted by Gasteiger charge is 2.27.